The highest BCUT2D eigenvalue weighted by molar-refractivity contribution is 5.80. The van der Waals surface area contributed by atoms with Crippen LogP contribution in [0, 0.1) is 17.3 Å². The van der Waals surface area contributed by atoms with Crippen LogP contribution in [0.1, 0.15) is 52.9 Å². The van der Waals surface area contributed by atoms with Crippen molar-refractivity contribution in [3.63, 3.8) is 0 Å². The maximum atomic E-state index is 11.7. The van der Waals surface area contributed by atoms with Gasteiger partial charge < -0.3 is 10.4 Å². The lowest BCUT2D eigenvalue weighted by atomic mass is 9.70. The van der Waals surface area contributed by atoms with Crippen LogP contribution in [0.3, 0.4) is 0 Å². The van der Waals surface area contributed by atoms with Gasteiger partial charge in [-0.05, 0) is 38.0 Å². The molecule has 1 rings (SSSR count). The third-order valence-electron chi connectivity index (χ3n) is 4.35. The van der Waals surface area contributed by atoms with Gasteiger partial charge in [0, 0.05) is 12.5 Å². The fraction of sp³-hybridized carbons (Fsp3) is 0.857. The van der Waals surface area contributed by atoms with Crippen molar-refractivity contribution in [1.82, 2.24) is 5.32 Å². The zero-order valence-electron chi connectivity index (χ0n) is 11.7. The van der Waals surface area contributed by atoms with Gasteiger partial charge in [-0.15, -0.1) is 0 Å². The molecule has 0 aliphatic heterocycles. The van der Waals surface area contributed by atoms with Crippen LogP contribution in [-0.2, 0) is 9.59 Å². The molecule has 0 aromatic rings. The highest BCUT2D eigenvalue weighted by Gasteiger charge is 2.41. The van der Waals surface area contributed by atoms with E-state index in [0.29, 0.717) is 18.8 Å². The second-order valence-electron chi connectivity index (χ2n) is 5.80. The molecule has 0 saturated heterocycles. The zero-order chi connectivity index (χ0) is 13.8. The Bertz CT molecular complexity index is 306. The Morgan fingerprint density at radius 3 is 2.39 bits per heavy atom. The minimum atomic E-state index is -0.765. The number of nitrogens with one attached hydrogen (secondary N) is 1. The molecule has 4 nitrogen and oxygen atoms in total. The van der Waals surface area contributed by atoms with Gasteiger partial charge in [0.1, 0.15) is 0 Å². The number of hydrogen-bond acceptors (Lipinski definition) is 2. The molecule has 1 saturated carbocycles. The molecule has 0 radical (unpaired) electrons. The van der Waals surface area contributed by atoms with Crippen LogP contribution < -0.4 is 5.32 Å². The van der Waals surface area contributed by atoms with Crippen molar-refractivity contribution >= 4 is 11.9 Å². The highest BCUT2D eigenvalue weighted by Crippen LogP contribution is 2.38. The monoisotopic (exact) mass is 255 g/mol. The van der Waals surface area contributed by atoms with Gasteiger partial charge in [0.05, 0.1) is 5.41 Å². The van der Waals surface area contributed by atoms with Crippen molar-refractivity contribution in [2.75, 3.05) is 6.54 Å². The predicted molar refractivity (Wildman–Crippen MR) is 70.2 cm³/mol. The molecule has 1 amide bonds. The molecule has 1 aliphatic rings. The van der Waals surface area contributed by atoms with Gasteiger partial charge in [-0.25, -0.2) is 0 Å². The number of carboxylic acid groups (broad SMARTS) is 1. The lowest BCUT2D eigenvalue weighted by molar-refractivity contribution is -0.151. The smallest absolute Gasteiger partial charge is 0.311 e. The van der Waals surface area contributed by atoms with Crippen LogP contribution in [0.25, 0.3) is 0 Å². The first kappa shape index (κ1) is 15.0. The van der Waals surface area contributed by atoms with Crippen LogP contribution in [0.5, 0.6) is 0 Å². The minimum absolute atomic E-state index is 0.0308. The molecule has 0 bridgehead atoms. The number of carbonyl (C=O) groups is 2. The van der Waals surface area contributed by atoms with E-state index in [1.54, 1.807) is 0 Å². The quantitative estimate of drug-likeness (QED) is 0.793. The lowest BCUT2D eigenvalue weighted by Gasteiger charge is -2.36. The van der Waals surface area contributed by atoms with E-state index < -0.39 is 11.4 Å². The molecule has 1 atom stereocenters. The van der Waals surface area contributed by atoms with E-state index in [4.69, 9.17) is 0 Å². The summed E-state index contributed by atoms with van der Waals surface area (Å²) in [6.45, 7) is 6.26. The summed E-state index contributed by atoms with van der Waals surface area (Å²) in [5, 5.41) is 12.3. The summed E-state index contributed by atoms with van der Waals surface area (Å²) in [6.07, 6.45) is 3.99. The molecule has 104 valence electrons. The first-order chi connectivity index (χ1) is 8.41. The number of carboxylic acids is 1. The molecule has 0 aromatic heterocycles. The summed E-state index contributed by atoms with van der Waals surface area (Å²) in [6, 6.07) is 0. The topological polar surface area (TPSA) is 66.4 Å². The molecule has 18 heavy (non-hydrogen) atoms. The summed E-state index contributed by atoms with van der Waals surface area (Å²) in [5.41, 5.74) is -0.740. The Morgan fingerprint density at radius 2 is 1.94 bits per heavy atom. The van der Waals surface area contributed by atoms with Crippen LogP contribution >= 0.6 is 0 Å². The van der Waals surface area contributed by atoms with E-state index in [1.807, 2.05) is 13.8 Å². The van der Waals surface area contributed by atoms with E-state index in [0.717, 1.165) is 19.3 Å². The molecular formula is C14H25NO3. The van der Waals surface area contributed by atoms with Crippen LogP contribution in [0.15, 0.2) is 0 Å². The summed E-state index contributed by atoms with van der Waals surface area (Å²) in [5.74, 6) is -0.239. The molecule has 1 unspecified atom stereocenters. The Labute approximate surface area is 109 Å². The van der Waals surface area contributed by atoms with Crippen LogP contribution in [-0.4, -0.2) is 23.5 Å². The summed E-state index contributed by atoms with van der Waals surface area (Å²) in [7, 11) is 0. The van der Waals surface area contributed by atoms with Crippen LogP contribution in [0.4, 0.5) is 0 Å². The average Bonchev–Trinajstić information content (AvgIpc) is 2.36. The van der Waals surface area contributed by atoms with Gasteiger partial charge in [-0.2, -0.15) is 0 Å². The third kappa shape index (κ3) is 3.47. The van der Waals surface area contributed by atoms with Gasteiger partial charge in [-0.1, -0.05) is 20.8 Å². The molecule has 2 N–H and O–H groups in total. The van der Waals surface area contributed by atoms with E-state index in [9.17, 15) is 14.7 Å². The molecule has 0 heterocycles. The number of rotatable bonds is 5. The second kappa shape index (κ2) is 6.21. The molecule has 0 spiro atoms. The molecule has 1 aliphatic carbocycles. The third-order valence-corrected chi connectivity index (χ3v) is 4.35. The summed E-state index contributed by atoms with van der Waals surface area (Å²) >= 11 is 0. The maximum absolute atomic E-state index is 11.7. The Balaban J connectivity index is 2.59. The minimum Gasteiger partial charge on any atom is -0.481 e. The molecule has 1 fully saturated rings. The largest absolute Gasteiger partial charge is 0.481 e. The lowest BCUT2D eigenvalue weighted by Crippen LogP contribution is -2.46. The first-order valence-electron chi connectivity index (χ1n) is 6.92. The van der Waals surface area contributed by atoms with E-state index in [-0.39, 0.29) is 18.4 Å². The predicted octanol–water partition coefficient (Wildman–Crippen LogP) is 2.43. The summed E-state index contributed by atoms with van der Waals surface area (Å²) in [4.78, 5) is 23.2. The first-order valence-corrected chi connectivity index (χ1v) is 6.92. The van der Waals surface area contributed by atoms with Crippen molar-refractivity contribution in [1.29, 1.82) is 0 Å². The van der Waals surface area contributed by atoms with Crippen molar-refractivity contribution in [3.05, 3.63) is 0 Å². The highest BCUT2D eigenvalue weighted by atomic mass is 16.4. The SMILES string of the molecule is CCC(C)C(=O)NCC1(C(=O)O)CCC(C)CC1. The van der Waals surface area contributed by atoms with Crippen LogP contribution in [0.2, 0.25) is 0 Å². The molecular weight excluding hydrogens is 230 g/mol. The van der Waals surface area contributed by atoms with Gasteiger partial charge >= 0.3 is 5.97 Å². The fourth-order valence-electron chi connectivity index (χ4n) is 2.40. The number of aliphatic carboxylic acids is 1. The standard InChI is InChI=1S/C14H25NO3/c1-4-11(3)12(16)15-9-14(13(17)18)7-5-10(2)6-8-14/h10-11H,4-9H2,1-3H3,(H,15,16)(H,17,18). The van der Waals surface area contributed by atoms with E-state index in [1.165, 1.54) is 0 Å². The van der Waals surface area contributed by atoms with Crippen molar-refractivity contribution < 1.29 is 14.7 Å². The second-order valence-corrected chi connectivity index (χ2v) is 5.80. The van der Waals surface area contributed by atoms with Crippen molar-refractivity contribution in [3.8, 4) is 0 Å². The Hall–Kier alpha value is -1.06. The number of amides is 1. The zero-order valence-corrected chi connectivity index (χ0v) is 11.7. The van der Waals surface area contributed by atoms with Gasteiger partial charge in [0.15, 0.2) is 0 Å². The van der Waals surface area contributed by atoms with Gasteiger partial charge in [-0.3, -0.25) is 9.59 Å². The normalized spacial score (nSPS) is 29.6. The Kier molecular flexibility index (Phi) is 5.17. The maximum Gasteiger partial charge on any atom is 0.311 e. The average molecular weight is 255 g/mol. The number of hydrogen-bond donors (Lipinski definition) is 2. The Morgan fingerprint density at radius 1 is 1.39 bits per heavy atom. The number of carbonyl (C=O) groups excluding carboxylic acids is 1. The van der Waals surface area contributed by atoms with Crippen molar-refractivity contribution in [2.24, 2.45) is 17.3 Å². The molecule has 4 heteroatoms. The fourth-order valence-corrected chi connectivity index (χ4v) is 2.40. The van der Waals surface area contributed by atoms with Gasteiger partial charge in [0.25, 0.3) is 0 Å². The van der Waals surface area contributed by atoms with E-state index >= 15 is 0 Å². The summed E-state index contributed by atoms with van der Waals surface area (Å²) < 4.78 is 0. The van der Waals surface area contributed by atoms with Gasteiger partial charge in [0.2, 0.25) is 5.91 Å². The molecule has 0 aromatic carbocycles. The van der Waals surface area contributed by atoms with E-state index in [2.05, 4.69) is 12.2 Å². The van der Waals surface area contributed by atoms with Crippen molar-refractivity contribution in [2.45, 2.75) is 52.9 Å².